The molecule has 4 nitrogen and oxygen atoms in total. The first-order chi connectivity index (χ1) is 12.0. The second-order valence-corrected chi connectivity index (χ2v) is 7.31. The lowest BCUT2D eigenvalue weighted by atomic mass is 10.0. The van der Waals surface area contributed by atoms with Crippen LogP contribution >= 0.6 is 0 Å². The van der Waals surface area contributed by atoms with Gasteiger partial charge in [-0.25, -0.2) is 0 Å². The van der Waals surface area contributed by atoms with Crippen molar-refractivity contribution < 1.29 is 9.90 Å². The molecule has 0 aliphatic heterocycles. The number of aliphatic carboxylic acids is 1. The first kappa shape index (κ1) is 26.6. The SMILES string of the molecule is CC(N)CN.CCCCCCCCCCCCCCCCCC(=O)O. The summed E-state index contributed by atoms with van der Waals surface area (Å²) in [7, 11) is 0. The smallest absolute Gasteiger partial charge is 0.303 e. The molecule has 0 aromatic carbocycles. The molecule has 0 heterocycles. The van der Waals surface area contributed by atoms with E-state index >= 15 is 0 Å². The summed E-state index contributed by atoms with van der Waals surface area (Å²) in [6.45, 7) is 4.73. The molecule has 0 saturated carbocycles. The van der Waals surface area contributed by atoms with Gasteiger partial charge in [0.15, 0.2) is 0 Å². The molecule has 0 aliphatic rings. The molecule has 0 rings (SSSR count). The van der Waals surface area contributed by atoms with E-state index in [9.17, 15) is 4.79 Å². The quantitative estimate of drug-likeness (QED) is 0.294. The van der Waals surface area contributed by atoms with Crippen molar-refractivity contribution in [3.63, 3.8) is 0 Å². The Hall–Kier alpha value is -0.610. The number of carboxylic acids is 1. The van der Waals surface area contributed by atoms with Crippen molar-refractivity contribution in [1.29, 1.82) is 0 Å². The lowest BCUT2D eigenvalue weighted by molar-refractivity contribution is -0.137. The minimum atomic E-state index is -0.653. The number of carboxylic acid groups (broad SMARTS) is 1. The summed E-state index contributed by atoms with van der Waals surface area (Å²) in [5, 5.41) is 8.52. The van der Waals surface area contributed by atoms with Gasteiger partial charge in [-0.3, -0.25) is 4.79 Å². The maximum Gasteiger partial charge on any atom is 0.303 e. The van der Waals surface area contributed by atoms with Crippen LogP contribution < -0.4 is 11.5 Å². The first-order valence-electron chi connectivity index (χ1n) is 10.7. The van der Waals surface area contributed by atoms with Gasteiger partial charge in [-0.2, -0.15) is 0 Å². The van der Waals surface area contributed by atoms with E-state index in [0.29, 0.717) is 13.0 Å². The molecule has 0 amide bonds. The third-order valence-electron chi connectivity index (χ3n) is 4.37. The number of hydrogen-bond acceptors (Lipinski definition) is 3. The maximum absolute atomic E-state index is 10.3. The predicted octanol–water partition coefficient (Wildman–Crippen LogP) is 5.62. The molecule has 0 aliphatic carbocycles. The Labute approximate surface area is 157 Å². The molecule has 5 N–H and O–H groups in total. The molecule has 0 radical (unpaired) electrons. The third kappa shape index (κ3) is 31.6. The summed E-state index contributed by atoms with van der Waals surface area (Å²) in [5.74, 6) is -0.653. The average molecular weight is 359 g/mol. The minimum absolute atomic E-state index is 0.162. The van der Waals surface area contributed by atoms with Crippen LogP contribution in [0.4, 0.5) is 0 Å². The third-order valence-corrected chi connectivity index (χ3v) is 4.37. The van der Waals surface area contributed by atoms with Crippen LogP contribution in [0.3, 0.4) is 0 Å². The van der Waals surface area contributed by atoms with Crippen LogP contribution in [0.15, 0.2) is 0 Å². The number of nitrogens with two attached hydrogens (primary N) is 2. The van der Waals surface area contributed by atoms with Crippen LogP contribution in [-0.2, 0) is 4.79 Å². The molecule has 1 unspecified atom stereocenters. The minimum Gasteiger partial charge on any atom is -0.481 e. The number of carbonyl (C=O) groups is 1. The summed E-state index contributed by atoms with van der Waals surface area (Å²) in [6, 6.07) is 0.162. The molecule has 0 aromatic rings. The van der Waals surface area contributed by atoms with E-state index in [2.05, 4.69) is 6.92 Å². The van der Waals surface area contributed by atoms with Gasteiger partial charge >= 0.3 is 5.97 Å². The predicted molar refractivity (Wildman–Crippen MR) is 110 cm³/mol. The van der Waals surface area contributed by atoms with Gasteiger partial charge in [0, 0.05) is 19.0 Å². The van der Waals surface area contributed by atoms with Crippen molar-refractivity contribution in [2.75, 3.05) is 6.54 Å². The van der Waals surface area contributed by atoms with Crippen molar-refractivity contribution in [3.05, 3.63) is 0 Å². The summed E-state index contributed by atoms with van der Waals surface area (Å²) in [5.41, 5.74) is 10.2. The first-order valence-corrected chi connectivity index (χ1v) is 10.7. The van der Waals surface area contributed by atoms with Gasteiger partial charge in [0.2, 0.25) is 0 Å². The van der Waals surface area contributed by atoms with Gasteiger partial charge < -0.3 is 16.6 Å². The molecule has 0 spiro atoms. The van der Waals surface area contributed by atoms with Crippen molar-refractivity contribution in [3.8, 4) is 0 Å². The summed E-state index contributed by atoms with van der Waals surface area (Å²) in [4.78, 5) is 10.3. The second-order valence-electron chi connectivity index (χ2n) is 7.31. The maximum atomic E-state index is 10.3. The normalized spacial score (nSPS) is 11.7. The Morgan fingerprint density at radius 1 is 0.760 bits per heavy atom. The number of unbranched alkanes of at least 4 members (excludes halogenated alkanes) is 14. The zero-order valence-corrected chi connectivity index (χ0v) is 17.1. The molecular weight excluding hydrogens is 312 g/mol. The zero-order valence-electron chi connectivity index (χ0n) is 17.1. The van der Waals surface area contributed by atoms with Crippen molar-refractivity contribution in [1.82, 2.24) is 0 Å². The Balaban J connectivity index is 0. The fourth-order valence-electron chi connectivity index (χ4n) is 2.65. The molecule has 1 atom stereocenters. The lowest BCUT2D eigenvalue weighted by Gasteiger charge is -2.03. The Bertz CT molecular complexity index is 258. The Morgan fingerprint density at radius 3 is 1.28 bits per heavy atom. The monoisotopic (exact) mass is 358 g/mol. The number of hydrogen-bond donors (Lipinski definition) is 3. The number of rotatable bonds is 17. The van der Waals surface area contributed by atoms with Crippen LogP contribution in [0.2, 0.25) is 0 Å². The van der Waals surface area contributed by atoms with E-state index in [1.165, 1.54) is 83.5 Å². The van der Waals surface area contributed by atoms with Gasteiger partial charge in [0.25, 0.3) is 0 Å². The van der Waals surface area contributed by atoms with Gasteiger partial charge in [0.1, 0.15) is 0 Å². The summed E-state index contributed by atoms with van der Waals surface area (Å²) in [6.07, 6.45) is 20.2. The van der Waals surface area contributed by atoms with Crippen molar-refractivity contribution in [2.24, 2.45) is 11.5 Å². The molecule has 152 valence electrons. The van der Waals surface area contributed by atoms with Crippen molar-refractivity contribution >= 4 is 5.97 Å². The summed E-state index contributed by atoms with van der Waals surface area (Å²) >= 11 is 0. The van der Waals surface area contributed by atoms with E-state index in [1.807, 2.05) is 6.92 Å². The molecule has 0 aromatic heterocycles. The molecular formula is C21H46N2O2. The van der Waals surface area contributed by atoms with E-state index in [4.69, 9.17) is 16.6 Å². The van der Waals surface area contributed by atoms with Gasteiger partial charge in [-0.1, -0.05) is 96.8 Å². The second kappa shape index (κ2) is 23.4. The summed E-state index contributed by atoms with van der Waals surface area (Å²) < 4.78 is 0. The van der Waals surface area contributed by atoms with Gasteiger partial charge in [-0.05, 0) is 13.3 Å². The van der Waals surface area contributed by atoms with E-state index in [-0.39, 0.29) is 6.04 Å². The van der Waals surface area contributed by atoms with Crippen LogP contribution in [0.25, 0.3) is 0 Å². The Morgan fingerprint density at radius 2 is 1.04 bits per heavy atom. The average Bonchev–Trinajstić information content (AvgIpc) is 2.58. The fraction of sp³-hybridized carbons (Fsp3) is 0.952. The van der Waals surface area contributed by atoms with Crippen LogP contribution in [-0.4, -0.2) is 23.7 Å². The molecule has 0 fully saturated rings. The standard InChI is InChI=1S/C18H36O2.C3H10N2/c1-2-3-4-5-6-7-8-9-10-11-12-13-14-15-16-17-18(19)20;1-3(5)2-4/h2-17H2,1H3,(H,19,20);3H,2,4-5H2,1H3. The van der Waals surface area contributed by atoms with Crippen LogP contribution in [0.1, 0.15) is 117 Å². The van der Waals surface area contributed by atoms with E-state index < -0.39 is 5.97 Å². The van der Waals surface area contributed by atoms with Crippen molar-refractivity contribution in [2.45, 2.75) is 123 Å². The highest BCUT2D eigenvalue weighted by atomic mass is 16.4. The van der Waals surface area contributed by atoms with E-state index in [0.717, 1.165) is 12.8 Å². The largest absolute Gasteiger partial charge is 0.481 e. The van der Waals surface area contributed by atoms with Crippen LogP contribution in [0, 0.1) is 0 Å². The zero-order chi connectivity index (χ0) is 19.2. The fourth-order valence-corrected chi connectivity index (χ4v) is 2.65. The van der Waals surface area contributed by atoms with E-state index in [1.54, 1.807) is 0 Å². The van der Waals surface area contributed by atoms with Crippen LogP contribution in [0.5, 0.6) is 0 Å². The highest BCUT2D eigenvalue weighted by Crippen LogP contribution is 2.13. The molecule has 25 heavy (non-hydrogen) atoms. The topological polar surface area (TPSA) is 89.3 Å². The van der Waals surface area contributed by atoms with Gasteiger partial charge in [-0.15, -0.1) is 0 Å². The lowest BCUT2D eigenvalue weighted by Crippen LogP contribution is -2.25. The molecule has 4 heteroatoms. The molecule has 0 saturated heterocycles. The molecule has 0 bridgehead atoms. The highest BCUT2D eigenvalue weighted by Gasteiger charge is 1.97. The highest BCUT2D eigenvalue weighted by molar-refractivity contribution is 5.66. The van der Waals surface area contributed by atoms with Gasteiger partial charge in [0.05, 0.1) is 0 Å². The Kier molecular flexibility index (Phi) is 24.9.